The smallest absolute Gasteiger partial charge is 0.317 e. The second kappa shape index (κ2) is 6.10. The SMILES string of the molecule is CC(C)c1nc(CN(CC(N)=O)CC(=O)O)no1. The number of aromatic nitrogens is 2. The van der Waals surface area contributed by atoms with Gasteiger partial charge in [-0.05, 0) is 0 Å². The third-order valence-electron chi connectivity index (χ3n) is 2.08. The molecule has 1 rings (SSSR count). The maximum atomic E-state index is 10.8. The molecule has 3 N–H and O–H groups in total. The van der Waals surface area contributed by atoms with Crippen molar-refractivity contribution in [3.05, 3.63) is 11.7 Å². The van der Waals surface area contributed by atoms with E-state index in [1.54, 1.807) is 0 Å². The molecule has 0 aromatic carbocycles. The van der Waals surface area contributed by atoms with Crippen LogP contribution in [0.2, 0.25) is 0 Å². The Kier molecular flexibility index (Phi) is 4.78. The van der Waals surface area contributed by atoms with Crippen molar-refractivity contribution < 1.29 is 19.2 Å². The Hall–Kier alpha value is -1.96. The van der Waals surface area contributed by atoms with Gasteiger partial charge in [0, 0.05) is 5.92 Å². The van der Waals surface area contributed by atoms with Gasteiger partial charge < -0.3 is 15.4 Å². The number of amides is 1. The van der Waals surface area contributed by atoms with Crippen LogP contribution in [0.4, 0.5) is 0 Å². The third-order valence-corrected chi connectivity index (χ3v) is 2.08. The molecule has 0 aliphatic carbocycles. The molecule has 0 radical (unpaired) electrons. The summed E-state index contributed by atoms with van der Waals surface area (Å²) in [6, 6.07) is 0. The molecule has 1 aromatic heterocycles. The van der Waals surface area contributed by atoms with Gasteiger partial charge in [0.15, 0.2) is 5.82 Å². The molecule has 0 bridgehead atoms. The Labute approximate surface area is 104 Å². The summed E-state index contributed by atoms with van der Waals surface area (Å²) < 4.78 is 4.99. The number of nitrogens with two attached hydrogens (primary N) is 1. The molecule has 8 nitrogen and oxygen atoms in total. The van der Waals surface area contributed by atoms with Crippen molar-refractivity contribution in [2.24, 2.45) is 5.73 Å². The Balaban J connectivity index is 2.68. The standard InChI is InChI=1S/C10H16N4O4/c1-6(2)10-12-8(13-18-10)4-14(3-7(11)15)5-9(16)17/h6H,3-5H2,1-2H3,(H2,11,15)(H,16,17). The number of carboxylic acid groups (broad SMARTS) is 1. The van der Waals surface area contributed by atoms with Crippen LogP contribution in [0.5, 0.6) is 0 Å². The zero-order chi connectivity index (χ0) is 13.7. The van der Waals surface area contributed by atoms with E-state index in [0.29, 0.717) is 11.7 Å². The predicted octanol–water partition coefficient (Wildman–Crippen LogP) is -0.435. The van der Waals surface area contributed by atoms with Crippen LogP contribution in [0, 0.1) is 0 Å². The molecule has 1 heterocycles. The number of carbonyl (C=O) groups is 2. The summed E-state index contributed by atoms with van der Waals surface area (Å²) in [5.41, 5.74) is 5.04. The maximum Gasteiger partial charge on any atom is 0.317 e. The van der Waals surface area contributed by atoms with E-state index in [2.05, 4.69) is 10.1 Å². The van der Waals surface area contributed by atoms with Gasteiger partial charge in [-0.2, -0.15) is 4.98 Å². The van der Waals surface area contributed by atoms with Crippen molar-refractivity contribution in [1.29, 1.82) is 0 Å². The fourth-order valence-corrected chi connectivity index (χ4v) is 1.35. The van der Waals surface area contributed by atoms with Gasteiger partial charge in [0.05, 0.1) is 19.6 Å². The molecule has 0 aliphatic rings. The lowest BCUT2D eigenvalue weighted by Gasteiger charge is -2.15. The lowest BCUT2D eigenvalue weighted by atomic mass is 10.2. The number of hydrogen-bond donors (Lipinski definition) is 2. The van der Waals surface area contributed by atoms with Crippen molar-refractivity contribution in [3.63, 3.8) is 0 Å². The minimum atomic E-state index is -1.05. The maximum absolute atomic E-state index is 10.8. The van der Waals surface area contributed by atoms with Gasteiger partial charge >= 0.3 is 5.97 Å². The molecule has 0 saturated heterocycles. The molecule has 0 spiro atoms. The Morgan fingerprint density at radius 1 is 1.44 bits per heavy atom. The second-order valence-corrected chi connectivity index (χ2v) is 4.21. The number of nitrogens with zero attached hydrogens (tertiary/aromatic N) is 3. The van der Waals surface area contributed by atoms with Crippen molar-refractivity contribution in [3.8, 4) is 0 Å². The van der Waals surface area contributed by atoms with Crippen LogP contribution in [-0.4, -0.2) is 45.1 Å². The first kappa shape index (κ1) is 14.1. The summed E-state index contributed by atoms with van der Waals surface area (Å²) >= 11 is 0. The Morgan fingerprint density at radius 2 is 2.11 bits per heavy atom. The first-order valence-corrected chi connectivity index (χ1v) is 5.43. The average molecular weight is 256 g/mol. The molecule has 0 saturated carbocycles. The zero-order valence-electron chi connectivity index (χ0n) is 10.3. The van der Waals surface area contributed by atoms with Gasteiger partial charge in [0.25, 0.3) is 0 Å². The van der Waals surface area contributed by atoms with Crippen LogP contribution in [0.1, 0.15) is 31.5 Å². The van der Waals surface area contributed by atoms with Crippen LogP contribution in [-0.2, 0) is 16.1 Å². The lowest BCUT2D eigenvalue weighted by molar-refractivity contribution is -0.138. The second-order valence-electron chi connectivity index (χ2n) is 4.21. The number of rotatable bonds is 7. The highest BCUT2D eigenvalue weighted by molar-refractivity contribution is 5.77. The monoisotopic (exact) mass is 256 g/mol. The highest BCUT2D eigenvalue weighted by Gasteiger charge is 2.17. The number of primary amides is 1. The normalized spacial score (nSPS) is 11.1. The topological polar surface area (TPSA) is 123 Å². The fourth-order valence-electron chi connectivity index (χ4n) is 1.35. The summed E-state index contributed by atoms with van der Waals surface area (Å²) in [6.45, 7) is 3.42. The molecular formula is C10H16N4O4. The summed E-state index contributed by atoms with van der Waals surface area (Å²) in [4.78, 5) is 26.9. The molecule has 8 heteroatoms. The Morgan fingerprint density at radius 3 is 2.56 bits per heavy atom. The highest BCUT2D eigenvalue weighted by Crippen LogP contribution is 2.11. The van der Waals surface area contributed by atoms with E-state index < -0.39 is 11.9 Å². The quantitative estimate of drug-likeness (QED) is 0.678. The van der Waals surface area contributed by atoms with Crippen LogP contribution in [0.3, 0.4) is 0 Å². The first-order chi connectivity index (χ1) is 8.38. The number of aliphatic carboxylic acids is 1. The molecule has 100 valence electrons. The fraction of sp³-hybridized carbons (Fsp3) is 0.600. The van der Waals surface area contributed by atoms with Gasteiger partial charge in [-0.1, -0.05) is 19.0 Å². The van der Waals surface area contributed by atoms with E-state index in [0.717, 1.165) is 0 Å². The molecular weight excluding hydrogens is 240 g/mol. The molecule has 0 aliphatic heterocycles. The molecule has 0 atom stereocenters. The highest BCUT2D eigenvalue weighted by atomic mass is 16.5. The molecule has 0 fully saturated rings. The van der Waals surface area contributed by atoms with E-state index in [1.807, 2.05) is 13.8 Å². The average Bonchev–Trinajstić information content (AvgIpc) is 2.63. The van der Waals surface area contributed by atoms with Crippen LogP contribution < -0.4 is 5.73 Å². The van der Waals surface area contributed by atoms with Crippen molar-refractivity contribution in [1.82, 2.24) is 15.0 Å². The lowest BCUT2D eigenvalue weighted by Crippen LogP contribution is -2.37. The predicted molar refractivity (Wildman–Crippen MR) is 60.5 cm³/mol. The molecule has 18 heavy (non-hydrogen) atoms. The van der Waals surface area contributed by atoms with Gasteiger partial charge in [-0.25, -0.2) is 0 Å². The Bertz CT molecular complexity index is 413. The van der Waals surface area contributed by atoms with E-state index in [4.69, 9.17) is 15.4 Å². The van der Waals surface area contributed by atoms with E-state index >= 15 is 0 Å². The summed E-state index contributed by atoms with van der Waals surface area (Å²) in [5.74, 6) is -0.761. The van der Waals surface area contributed by atoms with Crippen LogP contribution in [0.15, 0.2) is 4.52 Å². The zero-order valence-corrected chi connectivity index (χ0v) is 10.3. The number of carbonyl (C=O) groups excluding carboxylic acids is 1. The van der Waals surface area contributed by atoms with Crippen molar-refractivity contribution >= 4 is 11.9 Å². The van der Waals surface area contributed by atoms with E-state index in [9.17, 15) is 9.59 Å². The van der Waals surface area contributed by atoms with Gasteiger partial charge in [0.1, 0.15) is 0 Å². The number of hydrogen-bond acceptors (Lipinski definition) is 6. The molecule has 1 aromatic rings. The van der Waals surface area contributed by atoms with E-state index in [-0.39, 0.29) is 25.6 Å². The summed E-state index contributed by atoms with van der Waals surface area (Å²) in [7, 11) is 0. The van der Waals surface area contributed by atoms with Crippen molar-refractivity contribution in [2.45, 2.75) is 26.3 Å². The van der Waals surface area contributed by atoms with Crippen LogP contribution in [0.25, 0.3) is 0 Å². The molecule has 1 amide bonds. The minimum Gasteiger partial charge on any atom is -0.480 e. The van der Waals surface area contributed by atoms with E-state index in [1.165, 1.54) is 4.90 Å². The third kappa shape index (κ3) is 4.50. The van der Waals surface area contributed by atoms with Crippen LogP contribution >= 0.6 is 0 Å². The summed E-state index contributed by atoms with van der Waals surface area (Å²) in [6.07, 6.45) is 0. The minimum absolute atomic E-state index is 0.0929. The van der Waals surface area contributed by atoms with Crippen molar-refractivity contribution in [2.75, 3.05) is 13.1 Å². The first-order valence-electron chi connectivity index (χ1n) is 5.43. The van der Waals surface area contributed by atoms with Gasteiger partial charge in [-0.15, -0.1) is 0 Å². The molecule has 0 unspecified atom stereocenters. The summed E-state index contributed by atoms with van der Waals surface area (Å²) in [5, 5.41) is 12.4. The van der Waals surface area contributed by atoms with Gasteiger partial charge in [0.2, 0.25) is 11.8 Å². The van der Waals surface area contributed by atoms with Gasteiger partial charge in [-0.3, -0.25) is 14.5 Å². The largest absolute Gasteiger partial charge is 0.480 e. The number of carboxylic acids is 1.